The van der Waals surface area contributed by atoms with E-state index in [1.54, 1.807) is 12.1 Å². The lowest BCUT2D eigenvalue weighted by molar-refractivity contribution is 0.0953. The molecule has 0 bridgehead atoms. The zero-order valence-electron chi connectivity index (χ0n) is 14.2. The first-order valence-corrected chi connectivity index (χ1v) is 6.89. The van der Waals surface area contributed by atoms with E-state index >= 15 is 0 Å². The lowest BCUT2D eigenvalue weighted by Crippen LogP contribution is -2.24. The van der Waals surface area contributed by atoms with Gasteiger partial charge in [-0.2, -0.15) is 5.10 Å². The number of carbonyl (C=O) groups excluding carboxylic acids is 1. The number of amides is 1. The quantitative estimate of drug-likeness (QED) is 0.671. The Morgan fingerprint density at radius 2 is 1.55 bits per heavy atom. The Bertz CT molecular complexity index is 549. The molecular weight excluding hydrogens is 284 g/mol. The molecule has 0 aromatic heterocycles. The minimum atomic E-state index is -0.345. The molecule has 1 aromatic rings. The minimum Gasteiger partial charge on any atom is -0.493 e. The van der Waals surface area contributed by atoms with Gasteiger partial charge in [-0.1, -0.05) is 20.8 Å². The van der Waals surface area contributed by atoms with Crippen molar-refractivity contribution < 1.29 is 19.0 Å². The molecule has 0 spiro atoms. The Kier molecular flexibility index (Phi) is 5.79. The van der Waals surface area contributed by atoms with Gasteiger partial charge in [0, 0.05) is 16.7 Å². The summed E-state index contributed by atoms with van der Waals surface area (Å²) in [5, 5.41) is 4.13. The lowest BCUT2D eigenvalue weighted by atomic mass is 9.91. The zero-order chi connectivity index (χ0) is 16.9. The van der Waals surface area contributed by atoms with Gasteiger partial charge in [0.1, 0.15) is 0 Å². The van der Waals surface area contributed by atoms with E-state index in [0.717, 1.165) is 5.71 Å². The summed E-state index contributed by atoms with van der Waals surface area (Å²) in [6.45, 7) is 7.95. The largest absolute Gasteiger partial charge is 0.493 e. The van der Waals surface area contributed by atoms with Gasteiger partial charge in [0.25, 0.3) is 5.91 Å². The summed E-state index contributed by atoms with van der Waals surface area (Å²) in [5.74, 6) is 0.936. The van der Waals surface area contributed by atoms with Crippen LogP contribution in [0.3, 0.4) is 0 Å². The fourth-order valence-corrected chi connectivity index (χ4v) is 1.58. The number of benzene rings is 1. The van der Waals surface area contributed by atoms with Crippen molar-refractivity contribution in [2.45, 2.75) is 27.7 Å². The third-order valence-corrected chi connectivity index (χ3v) is 3.34. The fraction of sp³-hybridized carbons (Fsp3) is 0.500. The first-order chi connectivity index (χ1) is 10.2. The van der Waals surface area contributed by atoms with Crippen molar-refractivity contribution >= 4 is 11.6 Å². The van der Waals surface area contributed by atoms with Crippen LogP contribution in [-0.4, -0.2) is 32.9 Å². The van der Waals surface area contributed by atoms with Gasteiger partial charge >= 0.3 is 0 Å². The molecule has 6 nitrogen and oxygen atoms in total. The van der Waals surface area contributed by atoms with Crippen LogP contribution in [0.15, 0.2) is 17.2 Å². The highest BCUT2D eigenvalue weighted by Crippen LogP contribution is 2.38. The van der Waals surface area contributed by atoms with E-state index in [4.69, 9.17) is 14.2 Å². The summed E-state index contributed by atoms with van der Waals surface area (Å²) in [7, 11) is 4.51. The van der Waals surface area contributed by atoms with Crippen molar-refractivity contribution in [1.29, 1.82) is 0 Å². The van der Waals surface area contributed by atoms with Gasteiger partial charge < -0.3 is 14.2 Å². The average Bonchev–Trinajstić information content (AvgIpc) is 2.49. The number of methoxy groups -OCH3 is 3. The number of nitrogens with zero attached hydrogens (tertiary/aromatic N) is 1. The summed E-state index contributed by atoms with van der Waals surface area (Å²) >= 11 is 0. The molecule has 0 atom stereocenters. The van der Waals surface area contributed by atoms with Gasteiger partial charge in [0.15, 0.2) is 11.5 Å². The van der Waals surface area contributed by atoms with Crippen molar-refractivity contribution in [2.24, 2.45) is 10.5 Å². The van der Waals surface area contributed by atoms with Crippen LogP contribution in [0, 0.1) is 5.41 Å². The Hall–Kier alpha value is -2.24. The summed E-state index contributed by atoms with van der Waals surface area (Å²) in [5.41, 5.74) is 3.64. The smallest absolute Gasteiger partial charge is 0.271 e. The second-order valence-electron chi connectivity index (χ2n) is 5.80. The zero-order valence-corrected chi connectivity index (χ0v) is 14.2. The number of hydrogen-bond donors (Lipinski definition) is 1. The van der Waals surface area contributed by atoms with E-state index in [1.807, 2.05) is 27.7 Å². The minimum absolute atomic E-state index is 0.109. The fourth-order valence-electron chi connectivity index (χ4n) is 1.58. The third-order valence-electron chi connectivity index (χ3n) is 3.34. The van der Waals surface area contributed by atoms with E-state index in [9.17, 15) is 4.79 Å². The van der Waals surface area contributed by atoms with Crippen LogP contribution in [0.5, 0.6) is 17.2 Å². The van der Waals surface area contributed by atoms with E-state index < -0.39 is 0 Å². The van der Waals surface area contributed by atoms with Gasteiger partial charge in [0.05, 0.1) is 21.3 Å². The molecule has 0 aliphatic carbocycles. The Balaban J connectivity index is 3.09. The topological polar surface area (TPSA) is 69.2 Å². The van der Waals surface area contributed by atoms with E-state index in [0.29, 0.717) is 22.8 Å². The van der Waals surface area contributed by atoms with Gasteiger partial charge in [-0.15, -0.1) is 0 Å². The maximum atomic E-state index is 12.2. The maximum Gasteiger partial charge on any atom is 0.271 e. The van der Waals surface area contributed by atoms with E-state index in [1.165, 1.54) is 21.3 Å². The van der Waals surface area contributed by atoms with Crippen LogP contribution < -0.4 is 19.6 Å². The summed E-state index contributed by atoms with van der Waals surface area (Å²) < 4.78 is 15.7. The van der Waals surface area contributed by atoms with Crippen molar-refractivity contribution in [1.82, 2.24) is 5.43 Å². The molecular formula is C16H24N2O4. The molecule has 6 heteroatoms. The SMILES string of the molecule is COc1cc(C(=O)N/N=C(\C)C(C)(C)C)cc(OC)c1OC. The van der Waals surface area contributed by atoms with Crippen LogP contribution in [0.2, 0.25) is 0 Å². The highest BCUT2D eigenvalue weighted by Gasteiger charge is 2.18. The molecule has 0 unspecified atom stereocenters. The molecule has 0 saturated carbocycles. The number of ether oxygens (including phenoxy) is 3. The summed E-state index contributed by atoms with van der Waals surface area (Å²) in [6, 6.07) is 3.16. The average molecular weight is 308 g/mol. The molecule has 0 fully saturated rings. The Labute approximate surface area is 131 Å². The molecule has 0 aliphatic rings. The van der Waals surface area contributed by atoms with Crippen molar-refractivity contribution in [3.63, 3.8) is 0 Å². The molecule has 0 saturated heterocycles. The number of rotatable bonds is 5. The van der Waals surface area contributed by atoms with Crippen LogP contribution >= 0.6 is 0 Å². The van der Waals surface area contributed by atoms with Crippen LogP contribution in [0.25, 0.3) is 0 Å². The van der Waals surface area contributed by atoms with Gasteiger partial charge in [-0.25, -0.2) is 5.43 Å². The van der Waals surface area contributed by atoms with Gasteiger partial charge in [-0.3, -0.25) is 4.79 Å². The molecule has 1 rings (SSSR count). The van der Waals surface area contributed by atoms with Crippen LogP contribution in [0.1, 0.15) is 38.1 Å². The van der Waals surface area contributed by atoms with Gasteiger partial charge in [-0.05, 0) is 19.1 Å². The van der Waals surface area contributed by atoms with E-state index in [2.05, 4.69) is 10.5 Å². The second-order valence-corrected chi connectivity index (χ2v) is 5.80. The standard InChI is InChI=1S/C16H24N2O4/c1-10(16(2,3)4)17-18-15(19)11-8-12(20-5)14(22-7)13(9-11)21-6/h8-9H,1-7H3,(H,18,19)/b17-10+. The number of nitrogens with one attached hydrogen (secondary N) is 1. The van der Waals surface area contributed by atoms with E-state index in [-0.39, 0.29) is 11.3 Å². The Morgan fingerprint density at radius 1 is 1.05 bits per heavy atom. The van der Waals surface area contributed by atoms with Crippen molar-refractivity contribution in [3.05, 3.63) is 17.7 Å². The number of hydrazone groups is 1. The van der Waals surface area contributed by atoms with Gasteiger partial charge in [0.2, 0.25) is 5.75 Å². The summed E-state index contributed by atoms with van der Waals surface area (Å²) in [4.78, 5) is 12.2. The number of carbonyl (C=O) groups is 1. The lowest BCUT2D eigenvalue weighted by Gasteiger charge is -2.17. The molecule has 22 heavy (non-hydrogen) atoms. The maximum absolute atomic E-state index is 12.2. The van der Waals surface area contributed by atoms with Crippen LogP contribution in [-0.2, 0) is 0 Å². The highest BCUT2D eigenvalue weighted by atomic mass is 16.5. The molecule has 1 aromatic carbocycles. The second kappa shape index (κ2) is 7.15. The van der Waals surface area contributed by atoms with Crippen molar-refractivity contribution in [2.75, 3.05) is 21.3 Å². The molecule has 0 radical (unpaired) electrons. The van der Waals surface area contributed by atoms with Crippen molar-refractivity contribution in [3.8, 4) is 17.2 Å². The number of hydrogen-bond acceptors (Lipinski definition) is 5. The molecule has 1 N–H and O–H groups in total. The first kappa shape index (κ1) is 17.8. The molecule has 1 amide bonds. The first-order valence-electron chi connectivity index (χ1n) is 6.89. The normalized spacial score (nSPS) is 11.9. The monoisotopic (exact) mass is 308 g/mol. The van der Waals surface area contributed by atoms with Crippen LogP contribution in [0.4, 0.5) is 0 Å². The molecule has 122 valence electrons. The highest BCUT2D eigenvalue weighted by molar-refractivity contribution is 5.97. The molecule has 0 aliphatic heterocycles. The Morgan fingerprint density at radius 3 is 1.91 bits per heavy atom. The summed E-state index contributed by atoms with van der Waals surface area (Å²) in [6.07, 6.45) is 0. The predicted molar refractivity (Wildman–Crippen MR) is 86.1 cm³/mol. The molecule has 0 heterocycles. The third kappa shape index (κ3) is 4.13. The predicted octanol–water partition coefficient (Wildman–Crippen LogP) is 2.86.